The minimum absolute atomic E-state index is 0.00761. The lowest BCUT2D eigenvalue weighted by Crippen LogP contribution is -2.56. The number of rotatable bonds is 2. The maximum absolute atomic E-state index is 12.3. The zero-order chi connectivity index (χ0) is 14.9. The standard InChI is InChI=1S/C16H24N2O2S/c1-12-10-21-11-13(12)8-17-15(19)18-7-6-16(20)5-3-2-4-14(16)9-18/h10-11,14,20H,2-9H2,1H3,(H,17,19)/t14-,16-/m1/s1. The largest absolute Gasteiger partial charge is 0.389 e. The van der Waals surface area contributed by atoms with Crippen LogP contribution in [-0.4, -0.2) is 34.7 Å². The van der Waals surface area contributed by atoms with E-state index in [0.717, 1.165) is 25.7 Å². The molecule has 1 aliphatic heterocycles. The summed E-state index contributed by atoms with van der Waals surface area (Å²) in [6.07, 6.45) is 4.97. The molecule has 2 fully saturated rings. The summed E-state index contributed by atoms with van der Waals surface area (Å²) in [6, 6.07) is 0.00761. The van der Waals surface area contributed by atoms with Crippen LogP contribution in [0.5, 0.6) is 0 Å². The molecule has 2 amide bonds. The lowest BCUT2D eigenvalue weighted by Gasteiger charge is -2.47. The molecule has 0 radical (unpaired) electrons. The van der Waals surface area contributed by atoms with Gasteiger partial charge in [0.05, 0.1) is 5.60 Å². The van der Waals surface area contributed by atoms with Gasteiger partial charge in [0, 0.05) is 25.6 Å². The maximum Gasteiger partial charge on any atom is 0.317 e. The summed E-state index contributed by atoms with van der Waals surface area (Å²) >= 11 is 1.67. The summed E-state index contributed by atoms with van der Waals surface area (Å²) in [5.74, 6) is 0.258. The number of nitrogens with zero attached hydrogens (tertiary/aromatic N) is 1. The van der Waals surface area contributed by atoms with Crippen molar-refractivity contribution in [1.82, 2.24) is 10.2 Å². The maximum atomic E-state index is 12.3. The van der Waals surface area contributed by atoms with Gasteiger partial charge in [0.15, 0.2) is 0 Å². The first kappa shape index (κ1) is 14.9. The lowest BCUT2D eigenvalue weighted by atomic mass is 9.71. The second kappa shape index (κ2) is 5.97. The number of urea groups is 1. The van der Waals surface area contributed by atoms with Crippen LogP contribution in [0, 0.1) is 12.8 Å². The van der Waals surface area contributed by atoms with Gasteiger partial charge in [-0.05, 0) is 48.1 Å². The van der Waals surface area contributed by atoms with E-state index in [1.54, 1.807) is 11.3 Å². The number of aliphatic hydroxyl groups is 1. The first-order valence-electron chi connectivity index (χ1n) is 7.85. The molecule has 0 unspecified atom stereocenters. The highest BCUT2D eigenvalue weighted by molar-refractivity contribution is 7.08. The number of likely N-dealkylation sites (tertiary alicyclic amines) is 1. The van der Waals surface area contributed by atoms with E-state index in [2.05, 4.69) is 23.0 Å². The molecule has 116 valence electrons. The molecule has 1 aromatic heterocycles. The molecule has 1 saturated heterocycles. The van der Waals surface area contributed by atoms with Crippen LogP contribution in [0.25, 0.3) is 0 Å². The second-order valence-electron chi connectivity index (χ2n) is 6.48. The Hall–Kier alpha value is -1.07. The molecule has 2 atom stereocenters. The number of hydrogen-bond acceptors (Lipinski definition) is 3. The molecular weight excluding hydrogens is 284 g/mol. The number of fused-ring (bicyclic) bond motifs is 1. The molecule has 0 aromatic carbocycles. The van der Waals surface area contributed by atoms with Crippen molar-refractivity contribution in [2.45, 2.75) is 51.2 Å². The van der Waals surface area contributed by atoms with Gasteiger partial charge in [0.2, 0.25) is 0 Å². The minimum Gasteiger partial charge on any atom is -0.389 e. The van der Waals surface area contributed by atoms with Gasteiger partial charge in [0.25, 0.3) is 0 Å². The normalized spacial score (nSPS) is 29.0. The molecule has 1 aliphatic carbocycles. The third-order valence-electron chi connectivity index (χ3n) is 5.11. The number of carbonyl (C=O) groups excluding carboxylic acids is 1. The van der Waals surface area contributed by atoms with E-state index in [1.807, 2.05) is 4.90 Å². The molecule has 3 rings (SSSR count). The number of aryl methyl sites for hydroxylation is 1. The van der Waals surface area contributed by atoms with E-state index in [0.29, 0.717) is 19.6 Å². The van der Waals surface area contributed by atoms with Gasteiger partial charge in [-0.1, -0.05) is 12.8 Å². The van der Waals surface area contributed by atoms with Crippen molar-refractivity contribution in [3.63, 3.8) is 0 Å². The van der Waals surface area contributed by atoms with Crippen LogP contribution in [0.3, 0.4) is 0 Å². The Kier molecular flexibility index (Phi) is 4.22. The predicted molar refractivity (Wildman–Crippen MR) is 84.4 cm³/mol. The van der Waals surface area contributed by atoms with E-state index >= 15 is 0 Å². The van der Waals surface area contributed by atoms with Gasteiger partial charge >= 0.3 is 6.03 Å². The molecule has 2 heterocycles. The summed E-state index contributed by atoms with van der Waals surface area (Å²) in [5, 5.41) is 17.9. The van der Waals surface area contributed by atoms with Crippen molar-refractivity contribution >= 4 is 17.4 Å². The third-order valence-corrected chi connectivity index (χ3v) is 6.02. The summed E-state index contributed by atoms with van der Waals surface area (Å²) in [5.41, 5.74) is 1.92. The average Bonchev–Trinajstić information content (AvgIpc) is 2.89. The van der Waals surface area contributed by atoms with Crippen molar-refractivity contribution in [3.05, 3.63) is 21.9 Å². The van der Waals surface area contributed by atoms with Gasteiger partial charge < -0.3 is 15.3 Å². The van der Waals surface area contributed by atoms with Gasteiger partial charge in [-0.2, -0.15) is 11.3 Å². The summed E-state index contributed by atoms with van der Waals surface area (Å²) < 4.78 is 0. The zero-order valence-electron chi connectivity index (χ0n) is 12.6. The Labute approximate surface area is 130 Å². The molecule has 5 heteroatoms. The van der Waals surface area contributed by atoms with E-state index in [9.17, 15) is 9.90 Å². The lowest BCUT2D eigenvalue weighted by molar-refractivity contribution is -0.0870. The highest BCUT2D eigenvalue weighted by Gasteiger charge is 2.43. The van der Waals surface area contributed by atoms with Crippen LogP contribution in [0.2, 0.25) is 0 Å². The summed E-state index contributed by atoms with van der Waals surface area (Å²) in [7, 11) is 0. The third kappa shape index (κ3) is 3.09. The monoisotopic (exact) mass is 308 g/mol. The van der Waals surface area contributed by atoms with Crippen molar-refractivity contribution in [1.29, 1.82) is 0 Å². The van der Waals surface area contributed by atoms with Crippen LogP contribution in [0.15, 0.2) is 10.8 Å². The van der Waals surface area contributed by atoms with Crippen molar-refractivity contribution in [3.8, 4) is 0 Å². The van der Waals surface area contributed by atoms with Crippen LogP contribution < -0.4 is 5.32 Å². The van der Waals surface area contributed by atoms with Crippen LogP contribution >= 0.6 is 11.3 Å². The van der Waals surface area contributed by atoms with E-state index in [1.165, 1.54) is 17.5 Å². The highest BCUT2D eigenvalue weighted by Crippen LogP contribution is 2.39. The second-order valence-corrected chi connectivity index (χ2v) is 7.22. The Balaban J connectivity index is 1.55. The Bertz CT molecular complexity index is 516. The first-order chi connectivity index (χ1) is 10.1. The van der Waals surface area contributed by atoms with E-state index < -0.39 is 5.60 Å². The van der Waals surface area contributed by atoms with Gasteiger partial charge in [0.1, 0.15) is 0 Å². The molecule has 1 saturated carbocycles. The number of nitrogens with one attached hydrogen (secondary N) is 1. The molecule has 2 N–H and O–H groups in total. The highest BCUT2D eigenvalue weighted by atomic mass is 32.1. The summed E-state index contributed by atoms with van der Waals surface area (Å²) in [6.45, 7) is 4.03. The van der Waals surface area contributed by atoms with Crippen LogP contribution in [0.4, 0.5) is 4.79 Å². The number of carbonyl (C=O) groups is 1. The topological polar surface area (TPSA) is 52.6 Å². The quantitative estimate of drug-likeness (QED) is 0.882. The fourth-order valence-electron chi connectivity index (χ4n) is 3.61. The minimum atomic E-state index is -0.515. The van der Waals surface area contributed by atoms with Crippen molar-refractivity contribution < 1.29 is 9.90 Å². The van der Waals surface area contributed by atoms with Crippen LogP contribution in [-0.2, 0) is 6.54 Å². The number of amides is 2. The average molecular weight is 308 g/mol. The predicted octanol–water partition coefficient (Wildman–Crippen LogP) is 2.89. The SMILES string of the molecule is Cc1cscc1CNC(=O)N1CC[C@]2(O)CCCC[C@@H]2C1. The van der Waals surface area contributed by atoms with Gasteiger partial charge in [-0.3, -0.25) is 0 Å². The Morgan fingerprint density at radius 1 is 1.48 bits per heavy atom. The molecule has 4 nitrogen and oxygen atoms in total. The zero-order valence-corrected chi connectivity index (χ0v) is 13.4. The fraction of sp³-hybridized carbons (Fsp3) is 0.688. The first-order valence-corrected chi connectivity index (χ1v) is 8.79. The number of piperidine rings is 1. The molecule has 0 spiro atoms. The Morgan fingerprint density at radius 3 is 3.10 bits per heavy atom. The summed E-state index contributed by atoms with van der Waals surface area (Å²) in [4.78, 5) is 14.2. The number of hydrogen-bond donors (Lipinski definition) is 2. The smallest absolute Gasteiger partial charge is 0.317 e. The van der Waals surface area contributed by atoms with E-state index in [-0.39, 0.29) is 11.9 Å². The van der Waals surface area contributed by atoms with Crippen LogP contribution in [0.1, 0.15) is 43.2 Å². The molecule has 21 heavy (non-hydrogen) atoms. The Morgan fingerprint density at radius 2 is 2.33 bits per heavy atom. The van der Waals surface area contributed by atoms with E-state index in [4.69, 9.17) is 0 Å². The van der Waals surface area contributed by atoms with Crippen molar-refractivity contribution in [2.75, 3.05) is 13.1 Å². The fourth-order valence-corrected chi connectivity index (χ4v) is 4.46. The molecule has 0 bridgehead atoms. The van der Waals surface area contributed by atoms with Gasteiger partial charge in [-0.25, -0.2) is 4.79 Å². The van der Waals surface area contributed by atoms with Gasteiger partial charge in [-0.15, -0.1) is 0 Å². The molecular formula is C16H24N2O2S. The molecule has 2 aliphatic rings. The van der Waals surface area contributed by atoms with Crippen molar-refractivity contribution in [2.24, 2.45) is 5.92 Å². The number of thiophene rings is 1. The molecule has 1 aromatic rings.